The lowest BCUT2D eigenvalue weighted by atomic mass is 10.2. The summed E-state index contributed by atoms with van der Waals surface area (Å²) in [5, 5.41) is 17.9. The number of hydrogen-bond donors (Lipinski definition) is 3. The van der Waals surface area contributed by atoms with Gasteiger partial charge < -0.3 is 16.0 Å². The van der Waals surface area contributed by atoms with E-state index in [0.29, 0.717) is 17.0 Å². The van der Waals surface area contributed by atoms with Crippen LogP contribution >= 0.6 is 0 Å². The van der Waals surface area contributed by atoms with Gasteiger partial charge in [-0.25, -0.2) is 4.99 Å². The zero-order valence-corrected chi connectivity index (χ0v) is 10.4. The first-order valence-electron chi connectivity index (χ1n) is 5.72. The van der Waals surface area contributed by atoms with Crippen molar-refractivity contribution in [3.8, 4) is 18.4 Å². The summed E-state index contributed by atoms with van der Waals surface area (Å²) < 4.78 is 0. The summed E-state index contributed by atoms with van der Waals surface area (Å²) in [7, 11) is 1.77. The van der Waals surface area contributed by atoms with Crippen LogP contribution in [0.5, 0.6) is 0 Å². The second-order valence-corrected chi connectivity index (χ2v) is 3.83. The number of nitrogens with zero attached hydrogens (tertiary/aromatic N) is 2. The van der Waals surface area contributed by atoms with Crippen LogP contribution in [0.15, 0.2) is 41.0 Å². The summed E-state index contributed by atoms with van der Waals surface area (Å²) in [5.74, 6) is 3.21. The molecule has 3 N–H and O–H groups in total. The van der Waals surface area contributed by atoms with Crippen molar-refractivity contribution in [3.05, 3.63) is 41.6 Å². The second-order valence-electron chi connectivity index (χ2n) is 3.83. The Morgan fingerprint density at radius 2 is 2.11 bits per heavy atom. The van der Waals surface area contributed by atoms with Crippen molar-refractivity contribution in [1.29, 1.82) is 5.26 Å². The molecule has 5 heteroatoms. The summed E-state index contributed by atoms with van der Waals surface area (Å²) in [6.07, 6.45) is 6.81. The van der Waals surface area contributed by atoms with Gasteiger partial charge in [0.2, 0.25) is 0 Å². The maximum absolute atomic E-state index is 8.73. The molecule has 2 rings (SSSR count). The summed E-state index contributed by atoms with van der Waals surface area (Å²) in [5.41, 5.74) is 2.17. The predicted octanol–water partition coefficient (Wildman–Crippen LogP) is 0.992. The Kier molecular flexibility index (Phi) is 3.70. The van der Waals surface area contributed by atoms with E-state index in [-0.39, 0.29) is 6.29 Å². The van der Waals surface area contributed by atoms with E-state index < -0.39 is 0 Å². The SMILES string of the molecule is C#CC1=CNC(Nc2ccc(C#N)cc2)N=C1NC. The lowest BCUT2D eigenvalue weighted by Gasteiger charge is -2.22. The first-order valence-corrected chi connectivity index (χ1v) is 5.72. The molecule has 0 aromatic heterocycles. The van der Waals surface area contributed by atoms with Gasteiger partial charge in [0.1, 0.15) is 5.84 Å². The highest BCUT2D eigenvalue weighted by molar-refractivity contribution is 6.02. The Hall–Kier alpha value is -2.92. The molecule has 19 heavy (non-hydrogen) atoms. The second kappa shape index (κ2) is 5.61. The van der Waals surface area contributed by atoms with Crippen molar-refractivity contribution in [2.45, 2.75) is 6.29 Å². The Bertz CT molecular complexity index is 598. The summed E-state index contributed by atoms with van der Waals surface area (Å²) in [4.78, 5) is 4.40. The monoisotopic (exact) mass is 251 g/mol. The molecular formula is C14H13N5. The number of likely N-dealkylation sites (N-methyl/N-ethyl adjacent to an activating group) is 1. The van der Waals surface area contributed by atoms with Crippen molar-refractivity contribution in [3.63, 3.8) is 0 Å². The first-order chi connectivity index (χ1) is 9.26. The predicted molar refractivity (Wildman–Crippen MR) is 75.1 cm³/mol. The molecule has 0 aliphatic carbocycles. The van der Waals surface area contributed by atoms with Gasteiger partial charge in [-0.2, -0.15) is 5.26 Å². The smallest absolute Gasteiger partial charge is 0.196 e. The van der Waals surface area contributed by atoms with Gasteiger partial charge >= 0.3 is 0 Å². The molecular weight excluding hydrogens is 238 g/mol. The molecule has 1 unspecified atom stereocenters. The number of rotatable bonds is 2. The molecule has 1 heterocycles. The van der Waals surface area contributed by atoms with E-state index in [0.717, 1.165) is 5.69 Å². The van der Waals surface area contributed by atoms with Crippen molar-refractivity contribution in [2.24, 2.45) is 4.99 Å². The van der Waals surface area contributed by atoms with Gasteiger partial charge in [0.15, 0.2) is 6.29 Å². The number of benzene rings is 1. The molecule has 0 saturated carbocycles. The fourth-order valence-electron chi connectivity index (χ4n) is 1.65. The third-order valence-corrected chi connectivity index (χ3v) is 2.61. The normalized spacial score (nSPS) is 17.1. The highest BCUT2D eigenvalue weighted by atomic mass is 15.3. The average molecular weight is 251 g/mol. The van der Waals surface area contributed by atoms with Gasteiger partial charge in [0, 0.05) is 18.9 Å². The first kappa shape index (κ1) is 12.5. The fraction of sp³-hybridized carbons (Fsp3) is 0.143. The lowest BCUT2D eigenvalue weighted by molar-refractivity contribution is 0.673. The molecule has 94 valence electrons. The van der Waals surface area contributed by atoms with Crippen molar-refractivity contribution in [1.82, 2.24) is 10.6 Å². The van der Waals surface area contributed by atoms with E-state index in [1.54, 1.807) is 25.4 Å². The maximum atomic E-state index is 8.73. The third-order valence-electron chi connectivity index (χ3n) is 2.61. The number of amidine groups is 1. The van der Waals surface area contributed by atoms with Crippen molar-refractivity contribution in [2.75, 3.05) is 12.4 Å². The molecule has 0 radical (unpaired) electrons. The Labute approximate surface area is 112 Å². The number of nitrogens with one attached hydrogen (secondary N) is 3. The number of hydrogen-bond acceptors (Lipinski definition) is 5. The van der Waals surface area contributed by atoms with E-state index in [2.05, 4.69) is 32.9 Å². The standard InChI is InChI=1S/C14H13N5/c1-3-11-9-17-14(19-13(11)16-2)18-12-6-4-10(8-15)5-7-12/h1,4-7,9,14,17-18H,2H3,(H,16,19). The van der Waals surface area contributed by atoms with Gasteiger partial charge in [0.05, 0.1) is 17.2 Å². The van der Waals surface area contributed by atoms with Gasteiger partial charge in [-0.3, -0.25) is 0 Å². The number of aliphatic imine (C=N–C) groups is 1. The molecule has 1 aromatic carbocycles. The average Bonchev–Trinajstić information content (AvgIpc) is 2.48. The molecule has 0 saturated heterocycles. The topological polar surface area (TPSA) is 72.2 Å². The molecule has 0 fully saturated rings. The van der Waals surface area contributed by atoms with Crippen LogP contribution < -0.4 is 16.0 Å². The highest BCUT2D eigenvalue weighted by Gasteiger charge is 2.13. The quantitative estimate of drug-likeness (QED) is 0.685. The van der Waals surface area contributed by atoms with Crippen LogP contribution in [0.3, 0.4) is 0 Å². The Morgan fingerprint density at radius 1 is 1.37 bits per heavy atom. The van der Waals surface area contributed by atoms with Gasteiger partial charge in [-0.05, 0) is 24.3 Å². The summed E-state index contributed by atoms with van der Waals surface area (Å²) >= 11 is 0. The minimum absolute atomic E-state index is 0.299. The Morgan fingerprint density at radius 3 is 2.68 bits per heavy atom. The van der Waals surface area contributed by atoms with Crippen LogP contribution in [-0.4, -0.2) is 19.2 Å². The molecule has 0 amide bonds. The van der Waals surface area contributed by atoms with Crippen LogP contribution in [-0.2, 0) is 0 Å². The van der Waals surface area contributed by atoms with E-state index in [4.69, 9.17) is 11.7 Å². The van der Waals surface area contributed by atoms with Gasteiger partial charge in [-0.15, -0.1) is 6.42 Å². The minimum Gasteiger partial charge on any atom is -0.372 e. The summed E-state index contributed by atoms with van der Waals surface area (Å²) in [6, 6.07) is 9.23. The molecule has 0 spiro atoms. The zero-order valence-electron chi connectivity index (χ0n) is 10.4. The van der Waals surface area contributed by atoms with E-state index in [1.165, 1.54) is 0 Å². The minimum atomic E-state index is -0.299. The summed E-state index contributed by atoms with van der Waals surface area (Å²) in [6.45, 7) is 0. The molecule has 1 atom stereocenters. The maximum Gasteiger partial charge on any atom is 0.196 e. The fourth-order valence-corrected chi connectivity index (χ4v) is 1.65. The third kappa shape index (κ3) is 2.85. The molecule has 1 aliphatic heterocycles. The zero-order chi connectivity index (χ0) is 13.7. The van der Waals surface area contributed by atoms with Crippen molar-refractivity contribution < 1.29 is 0 Å². The lowest BCUT2D eigenvalue weighted by Crippen LogP contribution is -2.38. The van der Waals surface area contributed by atoms with Gasteiger partial charge in [-0.1, -0.05) is 5.92 Å². The Balaban J connectivity index is 2.09. The van der Waals surface area contributed by atoms with Crippen LogP contribution in [0.4, 0.5) is 5.69 Å². The van der Waals surface area contributed by atoms with E-state index >= 15 is 0 Å². The number of anilines is 1. The number of terminal acetylenes is 1. The van der Waals surface area contributed by atoms with Crippen molar-refractivity contribution >= 4 is 11.5 Å². The molecule has 0 bridgehead atoms. The molecule has 5 nitrogen and oxygen atoms in total. The van der Waals surface area contributed by atoms with Crippen LogP contribution in [0.25, 0.3) is 0 Å². The van der Waals surface area contributed by atoms with E-state index in [1.807, 2.05) is 12.1 Å². The van der Waals surface area contributed by atoms with Crippen LogP contribution in [0, 0.1) is 23.7 Å². The van der Waals surface area contributed by atoms with Gasteiger partial charge in [0.25, 0.3) is 0 Å². The van der Waals surface area contributed by atoms with E-state index in [9.17, 15) is 0 Å². The number of nitriles is 1. The highest BCUT2D eigenvalue weighted by Crippen LogP contribution is 2.11. The molecule has 1 aromatic rings. The largest absolute Gasteiger partial charge is 0.372 e. The molecule has 1 aliphatic rings. The van der Waals surface area contributed by atoms with Crippen LogP contribution in [0.2, 0.25) is 0 Å². The van der Waals surface area contributed by atoms with Crippen LogP contribution in [0.1, 0.15) is 5.56 Å².